The first-order valence-electron chi connectivity index (χ1n) is 3.81. The van der Waals surface area contributed by atoms with Gasteiger partial charge in [0.15, 0.2) is 0 Å². The van der Waals surface area contributed by atoms with Crippen LogP contribution in [0.15, 0.2) is 11.1 Å². The van der Waals surface area contributed by atoms with Crippen molar-refractivity contribution in [2.45, 2.75) is 25.4 Å². The Morgan fingerprint density at radius 1 is 1.40 bits per heavy atom. The molecule has 0 saturated heterocycles. The van der Waals surface area contributed by atoms with Gasteiger partial charge < -0.3 is 10.2 Å². The molecule has 2 rings (SSSR count). The largest absolute Gasteiger partial charge is 0.392 e. The van der Waals surface area contributed by atoms with Crippen molar-refractivity contribution >= 4 is 0 Å². The van der Waals surface area contributed by atoms with Gasteiger partial charge in [-0.25, -0.2) is 0 Å². The second-order valence-electron chi connectivity index (χ2n) is 3.31. The van der Waals surface area contributed by atoms with Gasteiger partial charge in [-0.2, -0.15) is 0 Å². The van der Waals surface area contributed by atoms with Gasteiger partial charge in [0.2, 0.25) is 0 Å². The second kappa shape index (κ2) is 2.07. The van der Waals surface area contributed by atoms with Crippen LogP contribution in [0.1, 0.15) is 19.3 Å². The molecule has 0 aromatic carbocycles. The first kappa shape index (κ1) is 6.38. The van der Waals surface area contributed by atoms with Gasteiger partial charge in [-0.05, 0) is 36.3 Å². The molecule has 2 atom stereocenters. The molecule has 1 fully saturated rings. The molecule has 2 heteroatoms. The Labute approximate surface area is 60.2 Å². The van der Waals surface area contributed by atoms with Gasteiger partial charge in [-0.1, -0.05) is 0 Å². The molecular formula is C8H12O2. The zero-order valence-electron chi connectivity index (χ0n) is 5.88. The van der Waals surface area contributed by atoms with Gasteiger partial charge >= 0.3 is 0 Å². The molecule has 0 radical (unpaired) electrons. The third-order valence-electron chi connectivity index (χ3n) is 2.65. The molecule has 2 N–H and O–H groups in total. The summed E-state index contributed by atoms with van der Waals surface area (Å²) < 4.78 is 0. The zero-order valence-corrected chi connectivity index (χ0v) is 5.88. The maximum Gasteiger partial charge on any atom is 0.0756 e. The molecule has 0 aromatic heterocycles. The molecule has 2 aliphatic rings. The highest BCUT2D eigenvalue weighted by Crippen LogP contribution is 2.43. The predicted molar refractivity (Wildman–Crippen MR) is 37.5 cm³/mol. The van der Waals surface area contributed by atoms with Gasteiger partial charge in [-0.15, -0.1) is 0 Å². The van der Waals surface area contributed by atoms with E-state index in [1.165, 1.54) is 0 Å². The highest BCUT2D eigenvalue weighted by molar-refractivity contribution is 5.29. The fraction of sp³-hybridized carbons (Fsp3) is 0.750. The van der Waals surface area contributed by atoms with Crippen molar-refractivity contribution in [2.75, 3.05) is 6.61 Å². The summed E-state index contributed by atoms with van der Waals surface area (Å²) in [7, 11) is 0. The number of rotatable bonds is 1. The van der Waals surface area contributed by atoms with Gasteiger partial charge in [-0.3, -0.25) is 0 Å². The second-order valence-corrected chi connectivity index (χ2v) is 3.31. The van der Waals surface area contributed by atoms with Crippen LogP contribution < -0.4 is 0 Å². The van der Waals surface area contributed by atoms with Crippen molar-refractivity contribution in [1.29, 1.82) is 0 Å². The van der Waals surface area contributed by atoms with Crippen molar-refractivity contribution in [3.8, 4) is 0 Å². The summed E-state index contributed by atoms with van der Waals surface area (Å²) in [5.41, 5.74) is 2.23. The molecule has 0 aliphatic heterocycles. The summed E-state index contributed by atoms with van der Waals surface area (Å²) in [6.45, 7) is 0.156. The van der Waals surface area contributed by atoms with Crippen LogP contribution in [0.25, 0.3) is 0 Å². The molecule has 0 aromatic rings. The number of aliphatic hydroxyl groups excluding tert-OH is 2. The predicted octanol–water partition coefficient (Wildman–Crippen LogP) is 0.450. The maximum absolute atomic E-state index is 9.35. The van der Waals surface area contributed by atoms with Crippen LogP contribution in [0.5, 0.6) is 0 Å². The van der Waals surface area contributed by atoms with E-state index in [-0.39, 0.29) is 12.7 Å². The van der Waals surface area contributed by atoms with E-state index in [9.17, 15) is 5.11 Å². The molecule has 2 bridgehead atoms. The Morgan fingerprint density at radius 3 is 2.60 bits per heavy atom. The van der Waals surface area contributed by atoms with E-state index in [4.69, 9.17) is 5.11 Å². The van der Waals surface area contributed by atoms with E-state index in [1.54, 1.807) is 0 Å². The smallest absolute Gasteiger partial charge is 0.0756 e. The first-order valence-corrected chi connectivity index (χ1v) is 3.81. The molecule has 2 unspecified atom stereocenters. The molecule has 0 amide bonds. The Balaban J connectivity index is 2.26. The van der Waals surface area contributed by atoms with Crippen LogP contribution in [0.2, 0.25) is 0 Å². The molecule has 56 valence electrons. The maximum atomic E-state index is 9.35. The summed E-state index contributed by atoms with van der Waals surface area (Å²) in [4.78, 5) is 0. The Bertz CT molecular complexity index is 182. The van der Waals surface area contributed by atoms with Gasteiger partial charge in [0.05, 0.1) is 12.7 Å². The summed E-state index contributed by atoms with van der Waals surface area (Å²) >= 11 is 0. The number of fused-ring (bicyclic) bond motifs is 2. The van der Waals surface area contributed by atoms with Crippen molar-refractivity contribution < 1.29 is 10.2 Å². The minimum atomic E-state index is -0.221. The van der Waals surface area contributed by atoms with E-state index in [0.717, 1.165) is 30.4 Å². The molecule has 2 nitrogen and oxygen atoms in total. The summed E-state index contributed by atoms with van der Waals surface area (Å²) in [6.07, 6.45) is 2.78. The number of hydrogen-bond donors (Lipinski definition) is 2. The molecule has 2 aliphatic carbocycles. The van der Waals surface area contributed by atoms with Crippen LogP contribution in [0.4, 0.5) is 0 Å². The molecule has 0 heterocycles. The van der Waals surface area contributed by atoms with Crippen molar-refractivity contribution in [3.63, 3.8) is 0 Å². The lowest BCUT2D eigenvalue weighted by atomic mass is 9.98. The molecule has 10 heavy (non-hydrogen) atoms. The number of aliphatic hydroxyl groups is 2. The van der Waals surface area contributed by atoms with Crippen LogP contribution in [0.3, 0.4) is 0 Å². The lowest BCUT2D eigenvalue weighted by Crippen LogP contribution is -2.11. The molecule has 0 spiro atoms. The van der Waals surface area contributed by atoms with Gasteiger partial charge in [0, 0.05) is 0 Å². The van der Waals surface area contributed by atoms with Crippen LogP contribution >= 0.6 is 0 Å². The monoisotopic (exact) mass is 140 g/mol. The fourth-order valence-electron chi connectivity index (χ4n) is 2.17. The highest BCUT2D eigenvalue weighted by Gasteiger charge is 2.35. The molecular weight excluding hydrogens is 128 g/mol. The number of hydrogen-bond acceptors (Lipinski definition) is 2. The van der Waals surface area contributed by atoms with E-state index in [0.29, 0.717) is 5.92 Å². The van der Waals surface area contributed by atoms with Gasteiger partial charge in [0.1, 0.15) is 0 Å². The van der Waals surface area contributed by atoms with E-state index in [1.807, 2.05) is 0 Å². The fourth-order valence-corrected chi connectivity index (χ4v) is 2.17. The summed E-state index contributed by atoms with van der Waals surface area (Å²) in [5, 5.41) is 18.2. The standard InChI is InChI=1S/C8H12O2/c9-4-6-1-5-2-7(6)8(10)3-5/h5,8-10H,1-4H2. The Hall–Kier alpha value is -0.340. The van der Waals surface area contributed by atoms with E-state index >= 15 is 0 Å². The minimum absolute atomic E-state index is 0.156. The Morgan fingerprint density at radius 2 is 2.20 bits per heavy atom. The van der Waals surface area contributed by atoms with Crippen molar-refractivity contribution in [3.05, 3.63) is 11.1 Å². The van der Waals surface area contributed by atoms with Crippen LogP contribution in [-0.4, -0.2) is 22.9 Å². The average Bonchev–Trinajstić information content (AvgIpc) is 2.44. The third-order valence-corrected chi connectivity index (χ3v) is 2.65. The van der Waals surface area contributed by atoms with Crippen LogP contribution in [-0.2, 0) is 0 Å². The molecule has 1 saturated carbocycles. The quantitative estimate of drug-likeness (QED) is 0.519. The highest BCUT2D eigenvalue weighted by atomic mass is 16.3. The van der Waals surface area contributed by atoms with E-state index in [2.05, 4.69) is 0 Å². The first-order chi connectivity index (χ1) is 4.81. The minimum Gasteiger partial charge on any atom is -0.392 e. The summed E-state index contributed by atoms with van der Waals surface area (Å²) in [6, 6.07) is 0. The SMILES string of the molecule is OCC1=C2CC(C1)CC2O. The summed E-state index contributed by atoms with van der Waals surface area (Å²) in [5.74, 6) is 0.646. The van der Waals surface area contributed by atoms with Crippen molar-refractivity contribution in [1.82, 2.24) is 0 Å². The lowest BCUT2D eigenvalue weighted by molar-refractivity contribution is 0.194. The van der Waals surface area contributed by atoms with Crippen LogP contribution in [0, 0.1) is 5.92 Å². The Kier molecular flexibility index (Phi) is 1.32. The van der Waals surface area contributed by atoms with E-state index < -0.39 is 0 Å². The van der Waals surface area contributed by atoms with Gasteiger partial charge in [0.25, 0.3) is 0 Å². The normalized spacial score (nSPS) is 37.8. The lowest BCUT2D eigenvalue weighted by Gasteiger charge is -2.13. The average molecular weight is 140 g/mol. The van der Waals surface area contributed by atoms with Crippen molar-refractivity contribution in [2.24, 2.45) is 5.92 Å². The third kappa shape index (κ3) is 0.724. The zero-order chi connectivity index (χ0) is 7.14. The topological polar surface area (TPSA) is 40.5 Å².